The summed E-state index contributed by atoms with van der Waals surface area (Å²) in [6.07, 6.45) is 0. The Bertz CT molecular complexity index is 875. The lowest BCUT2D eigenvalue weighted by atomic mass is 10.0. The molecule has 0 atom stereocenters. The summed E-state index contributed by atoms with van der Waals surface area (Å²) in [4.78, 5) is 11.9. The molecule has 0 saturated heterocycles. The molecular weight excluding hydrogens is 352 g/mol. The van der Waals surface area contributed by atoms with Crippen LogP contribution in [-0.2, 0) is 16.6 Å². The van der Waals surface area contributed by atoms with Gasteiger partial charge in [0.15, 0.2) is 0 Å². The maximum atomic E-state index is 12.6. The van der Waals surface area contributed by atoms with E-state index in [-0.39, 0.29) is 17.0 Å². The van der Waals surface area contributed by atoms with Crippen LogP contribution in [0.4, 0.5) is 0 Å². The van der Waals surface area contributed by atoms with E-state index in [1.54, 1.807) is 0 Å². The number of sulfonamides is 1. The molecule has 1 amide bonds. The summed E-state index contributed by atoms with van der Waals surface area (Å²) in [6, 6.07) is 12.0. The SMILES string of the molecule is CNC(=O)c1cc(S(=O)(=O)NCc2ccc(C(C)C)cc2)ccc1OC. The predicted molar refractivity (Wildman–Crippen MR) is 101 cm³/mol. The Morgan fingerprint density at radius 1 is 1.12 bits per heavy atom. The summed E-state index contributed by atoms with van der Waals surface area (Å²) >= 11 is 0. The van der Waals surface area contributed by atoms with Gasteiger partial charge in [-0.15, -0.1) is 0 Å². The highest BCUT2D eigenvalue weighted by Crippen LogP contribution is 2.22. The normalized spacial score (nSPS) is 11.4. The highest BCUT2D eigenvalue weighted by molar-refractivity contribution is 7.89. The monoisotopic (exact) mass is 376 g/mol. The number of amides is 1. The zero-order valence-corrected chi connectivity index (χ0v) is 16.2. The standard InChI is InChI=1S/C19H24N2O4S/c1-13(2)15-7-5-14(6-8-15)12-21-26(23,24)16-9-10-18(25-4)17(11-16)19(22)20-3/h5-11,13,21H,12H2,1-4H3,(H,20,22). The molecule has 0 saturated carbocycles. The Hall–Kier alpha value is -2.38. The average Bonchev–Trinajstić information content (AvgIpc) is 2.65. The maximum absolute atomic E-state index is 12.6. The topological polar surface area (TPSA) is 84.5 Å². The largest absolute Gasteiger partial charge is 0.496 e. The Labute approximate surface area is 154 Å². The van der Waals surface area contributed by atoms with Crippen molar-refractivity contribution >= 4 is 15.9 Å². The van der Waals surface area contributed by atoms with Crippen molar-refractivity contribution in [2.24, 2.45) is 0 Å². The molecule has 140 valence electrons. The van der Waals surface area contributed by atoms with Crippen LogP contribution in [0.1, 0.15) is 41.3 Å². The lowest BCUT2D eigenvalue weighted by Gasteiger charge is -2.12. The van der Waals surface area contributed by atoms with Gasteiger partial charge in [-0.2, -0.15) is 0 Å². The number of carbonyl (C=O) groups excluding carboxylic acids is 1. The number of rotatable bonds is 7. The number of carbonyl (C=O) groups is 1. The van der Waals surface area contributed by atoms with Crippen LogP contribution in [0.5, 0.6) is 5.75 Å². The molecule has 0 heterocycles. The van der Waals surface area contributed by atoms with Gasteiger partial charge in [0.1, 0.15) is 5.75 Å². The second-order valence-corrected chi connectivity index (χ2v) is 7.93. The molecule has 0 radical (unpaired) electrons. The van der Waals surface area contributed by atoms with Crippen molar-refractivity contribution in [1.82, 2.24) is 10.0 Å². The Kier molecular flexibility index (Phi) is 6.39. The molecule has 0 aliphatic carbocycles. The van der Waals surface area contributed by atoms with Crippen LogP contribution in [0.2, 0.25) is 0 Å². The van der Waals surface area contributed by atoms with Crippen molar-refractivity contribution in [3.63, 3.8) is 0 Å². The average molecular weight is 376 g/mol. The number of benzene rings is 2. The van der Waals surface area contributed by atoms with Crippen LogP contribution in [-0.4, -0.2) is 28.5 Å². The molecular formula is C19H24N2O4S. The molecule has 2 rings (SSSR count). The third-order valence-electron chi connectivity index (χ3n) is 4.07. The third kappa shape index (κ3) is 4.62. The fourth-order valence-corrected chi connectivity index (χ4v) is 3.49. The van der Waals surface area contributed by atoms with Crippen molar-refractivity contribution < 1.29 is 17.9 Å². The number of ether oxygens (including phenoxy) is 1. The molecule has 0 aromatic heterocycles. The first-order chi connectivity index (χ1) is 12.3. The van der Waals surface area contributed by atoms with Gasteiger partial charge in [-0.05, 0) is 35.2 Å². The maximum Gasteiger partial charge on any atom is 0.254 e. The summed E-state index contributed by atoms with van der Waals surface area (Å²) in [5.74, 6) is 0.318. The van der Waals surface area contributed by atoms with Crippen LogP contribution in [0.25, 0.3) is 0 Å². The molecule has 6 nitrogen and oxygen atoms in total. The fourth-order valence-electron chi connectivity index (χ4n) is 2.45. The third-order valence-corrected chi connectivity index (χ3v) is 5.46. The molecule has 0 fully saturated rings. The summed E-state index contributed by atoms with van der Waals surface area (Å²) in [6.45, 7) is 4.37. The smallest absolute Gasteiger partial charge is 0.254 e. The van der Waals surface area contributed by atoms with Crippen LogP contribution in [0.15, 0.2) is 47.4 Å². The van der Waals surface area contributed by atoms with Gasteiger partial charge in [0.25, 0.3) is 5.91 Å². The molecule has 0 spiro atoms. The first-order valence-electron chi connectivity index (χ1n) is 8.27. The minimum Gasteiger partial charge on any atom is -0.496 e. The first kappa shape index (κ1) is 19.9. The summed E-state index contributed by atoms with van der Waals surface area (Å²) in [5, 5.41) is 2.47. The van der Waals surface area contributed by atoms with Gasteiger partial charge >= 0.3 is 0 Å². The van der Waals surface area contributed by atoms with Crippen molar-refractivity contribution in [2.45, 2.75) is 31.2 Å². The predicted octanol–water partition coefficient (Wildman–Crippen LogP) is 2.66. The van der Waals surface area contributed by atoms with E-state index in [0.717, 1.165) is 5.56 Å². The van der Waals surface area contributed by atoms with Crippen molar-refractivity contribution in [1.29, 1.82) is 0 Å². The molecule has 7 heteroatoms. The van der Waals surface area contributed by atoms with Crippen molar-refractivity contribution in [2.75, 3.05) is 14.2 Å². The summed E-state index contributed by atoms with van der Waals surface area (Å²) < 4.78 is 32.8. The van der Waals surface area contributed by atoms with Gasteiger partial charge in [-0.25, -0.2) is 13.1 Å². The molecule has 0 bridgehead atoms. The highest BCUT2D eigenvalue weighted by atomic mass is 32.2. The molecule has 2 aromatic carbocycles. The van der Waals surface area contributed by atoms with Gasteiger partial charge in [-0.1, -0.05) is 38.1 Å². The number of hydrogen-bond acceptors (Lipinski definition) is 4. The van der Waals surface area contributed by atoms with Gasteiger partial charge in [0, 0.05) is 13.6 Å². The fraction of sp³-hybridized carbons (Fsp3) is 0.316. The quantitative estimate of drug-likeness (QED) is 0.778. The van der Waals surface area contributed by atoms with E-state index in [0.29, 0.717) is 11.7 Å². The highest BCUT2D eigenvalue weighted by Gasteiger charge is 2.19. The van der Waals surface area contributed by atoms with E-state index >= 15 is 0 Å². The van der Waals surface area contributed by atoms with E-state index in [1.165, 1.54) is 37.9 Å². The van der Waals surface area contributed by atoms with E-state index in [9.17, 15) is 13.2 Å². The van der Waals surface area contributed by atoms with Gasteiger partial charge in [0.2, 0.25) is 10.0 Å². The molecule has 0 aliphatic rings. The van der Waals surface area contributed by atoms with Crippen molar-refractivity contribution in [3.05, 3.63) is 59.2 Å². The Morgan fingerprint density at radius 3 is 2.31 bits per heavy atom. The van der Waals surface area contributed by atoms with E-state index < -0.39 is 15.9 Å². The van der Waals surface area contributed by atoms with Crippen LogP contribution in [0, 0.1) is 0 Å². The Balaban J connectivity index is 2.20. The second-order valence-electron chi connectivity index (χ2n) is 6.16. The number of nitrogens with one attached hydrogen (secondary N) is 2. The van der Waals surface area contributed by atoms with E-state index in [2.05, 4.69) is 23.9 Å². The summed E-state index contributed by atoms with van der Waals surface area (Å²) in [7, 11) is -0.860. The molecule has 0 aliphatic heterocycles. The molecule has 26 heavy (non-hydrogen) atoms. The lowest BCUT2D eigenvalue weighted by Crippen LogP contribution is -2.24. The van der Waals surface area contributed by atoms with E-state index in [4.69, 9.17) is 4.74 Å². The molecule has 0 unspecified atom stereocenters. The number of hydrogen-bond donors (Lipinski definition) is 2. The second kappa shape index (κ2) is 8.33. The minimum absolute atomic E-state index is 0.00991. The molecule has 2 aromatic rings. The lowest BCUT2D eigenvalue weighted by molar-refractivity contribution is 0.0960. The van der Waals surface area contributed by atoms with E-state index in [1.807, 2.05) is 24.3 Å². The zero-order chi connectivity index (χ0) is 19.3. The van der Waals surface area contributed by atoms with Crippen LogP contribution in [0.3, 0.4) is 0 Å². The van der Waals surface area contributed by atoms with Crippen LogP contribution >= 0.6 is 0 Å². The number of methoxy groups -OCH3 is 1. The van der Waals surface area contributed by atoms with Crippen molar-refractivity contribution in [3.8, 4) is 5.75 Å². The van der Waals surface area contributed by atoms with Gasteiger partial charge < -0.3 is 10.1 Å². The zero-order valence-electron chi connectivity index (χ0n) is 15.4. The van der Waals surface area contributed by atoms with Crippen LogP contribution < -0.4 is 14.8 Å². The minimum atomic E-state index is -3.76. The Morgan fingerprint density at radius 2 is 1.77 bits per heavy atom. The summed E-state index contributed by atoms with van der Waals surface area (Å²) in [5.41, 5.74) is 2.22. The molecule has 2 N–H and O–H groups in total. The van der Waals surface area contributed by atoms with Gasteiger partial charge in [0.05, 0.1) is 17.6 Å². The van der Waals surface area contributed by atoms with Gasteiger partial charge in [-0.3, -0.25) is 4.79 Å². The first-order valence-corrected chi connectivity index (χ1v) is 9.75.